The van der Waals surface area contributed by atoms with Crippen molar-refractivity contribution in [1.82, 2.24) is 0 Å². The van der Waals surface area contributed by atoms with Gasteiger partial charge in [-0.2, -0.15) is 8.78 Å². The van der Waals surface area contributed by atoms with E-state index in [9.17, 15) is 18.7 Å². The molecule has 1 fully saturated rings. The molecule has 6 heteroatoms. The number of ether oxygens (including phenoxy) is 1. The van der Waals surface area contributed by atoms with Crippen LogP contribution < -0.4 is 0 Å². The molecule has 0 aliphatic heterocycles. The third-order valence-electron chi connectivity index (χ3n) is 5.72. The maximum absolute atomic E-state index is 12.1. The number of esters is 1. The van der Waals surface area contributed by atoms with Gasteiger partial charge in [-0.1, -0.05) is 30.8 Å². The van der Waals surface area contributed by atoms with Crippen molar-refractivity contribution in [1.29, 1.82) is 0 Å². The average molecular weight is 408 g/mol. The Kier molecular flexibility index (Phi) is 9.48. The quantitative estimate of drug-likeness (QED) is 0.435. The molecule has 1 aromatic rings. The lowest BCUT2D eigenvalue weighted by Crippen LogP contribution is -2.18. The molecule has 2 rings (SSSR count). The first-order valence-corrected chi connectivity index (χ1v) is 10.1. The Labute approximate surface area is 170 Å². The van der Waals surface area contributed by atoms with Crippen LogP contribution in [0.5, 0.6) is 0 Å². The number of halogens is 2. The van der Waals surface area contributed by atoms with Gasteiger partial charge >= 0.3 is 5.97 Å². The van der Waals surface area contributed by atoms with E-state index in [0.29, 0.717) is 18.3 Å². The zero-order chi connectivity index (χ0) is 21.2. The summed E-state index contributed by atoms with van der Waals surface area (Å²) in [5.41, 5.74) is 2.11. The highest BCUT2D eigenvalue weighted by atomic mass is 19.3. The summed E-state index contributed by atoms with van der Waals surface area (Å²) in [6.45, 7) is 2.83. The zero-order valence-corrected chi connectivity index (χ0v) is 16.7. The lowest BCUT2D eigenvalue weighted by atomic mass is 9.77. The topological polar surface area (TPSA) is 66.8 Å². The lowest BCUT2D eigenvalue weighted by Gasteiger charge is -2.29. The van der Waals surface area contributed by atoms with Gasteiger partial charge in [-0.05, 0) is 67.6 Å². The molecule has 2 N–H and O–H groups in total. The monoisotopic (exact) mass is 408 g/mol. The van der Waals surface area contributed by atoms with Gasteiger partial charge in [0.25, 0.3) is 6.08 Å². The highest BCUT2D eigenvalue weighted by Gasteiger charge is 2.22. The first-order valence-electron chi connectivity index (χ1n) is 10.1. The van der Waals surface area contributed by atoms with Crippen LogP contribution in [0, 0.1) is 5.92 Å². The summed E-state index contributed by atoms with van der Waals surface area (Å²) < 4.78 is 29.4. The predicted octanol–water partition coefficient (Wildman–Crippen LogP) is 4.69. The molecule has 0 bridgehead atoms. The van der Waals surface area contributed by atoms with Crippen LogP contribution in [0.25, 0.3) is 0 Å². The second kappa shape index (κ2) is 11.8. The molecule has 0 heterocycles. The van der Waals surface area contributed by atoms with Crippen LogP contribution in [0.15, 0.2) is 48.6 Å². The van der Waals surface area contributed by atoms with Gasteiger partial charge in [0.2, 0.25) is 0 Å². The van der Waals surface area contributed by atoms with Crippen LogP contribution in [0.3, 0.4) is 0 Å². The summed E-state index contributed by atoms with van der Waals surface area (Å²) in [5, 5.41) is 18.5. The Morgan fingerprint density at radius 1 is 1.17 bits per heavy atom. The molecule has 0 saturated heterocycles. The molecule has 1 aliphatic rings. The highest BCUT2D eigenvalue weighted by molar-refractivity contribution is 5.87. The molecule has 0 radical (unpaired) electrons. The third-order valence-corrected chi connectivity index (χ3v) is 5.72. The second-order valence-corrected chi connectivity index (χ2v) is 7.70. The molecular formula is C23H30F2O4. The molecule has 1 saturated carbocycles. The fourth-order valence-electron chi connectivity index (χ4n) is 3.85. The highest BCUT2D eigenvalue weighted by Crippen LogP contribution is 2.38. The first-order chi connectivity index (χ1) is 13.9. The maximum atomic E-state index is 12.1. The molecule has 1 aromatic carbocycles. The van der Waals surface area contributed by atoms with Crippen LogP contribution >= 0.6 is 0 Å². The Hall–Kier alpha value is -2.05. The van der Waals surface area contributed by atoms with Gasteiger partial charge in [0, 0.05) is 5.92 Å². The van der Waals surface area contributed by atoms with Gasteiger partial charge in [0.1, 0.15) is 6.61 Å². The van der Waals surface area contributed by atoms with Crippen molar-refractivity contribution in [2.45, 2.75) is 50.4 Å². The van der Waals surface area contributed by atoms with E-state index in [1.807, 2.05) is 12.1 Å². The summed E-state index contributed by atoms with van der Waals surface area (Å²) >= 11 is 0. The summed E-state index contributed by atoms with van der Waals surface area (Å²) in [7, 11) is 0. The van der Waals surface area contributed by atoms with Gasteiger partial charge in [-0.3, -0.25) is 0 Å². The maximum Gasteiger partial charge on any atom is 0.335 e. The van der Waals surface area contributed by atoms with E-state index in [4.69, 9.17) is 9.84 Å². The smallest absolute Gasteiger partial charge is 0.335 e. The summed E-state index contributed by atoms with van der Waals surface area (Å²) in [5.74, 6) is -0.0152. The molecule has 0 spiro atoms. The van der Waals surface area contributed by atoms with Crippen LogP contribution in [-0.4, -0.2) is 36.0 Å². The zero-order valence-electron chi connectivity index (χ0n) is 16.7. The van der Waals surface area contributed by atoms with E-state index in [2.05, 4.69) is 18.7 Å². The Balaban J connectivity index is 1.85. The van der Waals surface area contributed by atoms with E-state index in [-0.39, 0.29) is 24.7 Å². The van der Waals surface area contributed by atoms with E-state index in [1.165, 1.54) is 5.56 Å². The number of benzene rings is 1. The van der Waals surface area contributed by atoms with Crippen molar-refractivity contribution in [2.75, 3.05) is 19.8 Å². The Morgan fingerprint density at radius 2 is 1.83 bits per heavy atom. The normalized spacial score (nSPS) is 20.0. The number of carbonyl (C=O) groups excluding carboxylic acids is 1. The van der Waals surface area contributed by atoms with Gasteiger partial charge in [-0.25, -0.2) is 4.79 Å². The van der Waals surface area contributed by atoms with Gasteiger partial charge in [0.15, 0.2) is 0 Å². The minimum atomic E-state index is -1.59. The van der Waals surface area contributed by atoms with Crippen LogP contribution in [0.1, 0.15) is 61.5 Å². The standard InChI is InChI=1S/C23H30F2O4/c1-16(13-26)23(28)29-15-21(14-27)20-11-9-19(10-12-20)18-7-5-17(6-8-18)3-2-4-22(24)25/h4,9-12,17-18,21,26-27H,1-3,5-8,13-15H2. The summed E-state index contributed by atoms with van der Waals surface area (Å²) in [6.07, 6.45) is 4.91. The third kappa shape index (κ3) is 7.37. The fourth-order valence-corrected chi connectivity index (χ4v) is 3.85. The number of aliphatic hydroxyl groups is 2. The first kappa shape index (κ1) is 23.2. The van der Waals surface area contributed by atoms with Gasteiger partial charge < -0.3 is 14.9 Å². The molecule has 4 nitrogen and oxygen atoms in total. The number of hydrogen-bond donors (Lipinski definition) is 2. The van der Waals surface area contributed by atoms with Gasteiger partial charge in [-0.15, -0.1) is 0 Å². The molecule has 1 atom stereocenters. The number of aliphatic hydroxyl groups excluding tert-OH is 2. The predicted molar refractivity (Wildman–Crippen MR) is 108 cm³/mol. The van der Waals surface area contributed by atoms with Crippen molar-refractivity contribution in [3.05, 3.63) is 59.7 Å². The van der Waals surface area contributed by atoms with Crippen LogP contribution in [-0.2, 0) is 9.53 Å². The number of rotatable bonds is 10. The number of hydrogen-bond acceptors (Lipinski definition) is 4. The van der Waals surface area contributed by atoms with Crippen molar-refractivity contribution in [2.24, 2.45) is 5.92 Å². The average Bonchev–Trinajstić information content (AvgIpc) is 2.74. The van der Waals surface area contributed by atoms with Crippen molar-refractivity contribution in [3.8, 4) is 0 Å². The number of allylic oxidation sites excluding steroid dienone is 1. The van der Waals surface area contributed by atoms with Crippen LogP contribution in [0.2, 0.25) is 0 Å². The molecule has 1 aliphatic carbocycles. The Morgan fingerprint density at radius 3 is 2.38 bits per heavy atom. The lowest BCUT2D eigenvalue weighted by molar-refractivity contribution is -0.140. The van der Waals surface area contributed by atoms with E-state index >= 15 is 0 Å². The van der Waals surface area contributed by atoms with Crippen molar-refractivity contribution < 1.29 is 28.5 Å². The molecule has 0 aromatic heterocycles. The van der Waals surface area contributed by atoms with Crippen LogP contribution in [0.4, 0.5) is 8.78 Å². The molecule has 160 valence electrons. The SMILES string of the molecule is C=C(CO)C(=O)OCC(CO)c1ccc(C2CCC(CCC=C(F)F)CC2)cc1. The van der Waals surface area contributed by atoms with E-state index < -0.39 is 18.7 Å². The van der Waals surface area contributed by atoms with E-state index in [1.54, 1.807) is 0 Å². The molecule has 29 heavy (non-hydrogen) atoms. The fraction of sp³-hybridized carbons (Fsp3) is 0.522. The number of carbonyl (C=O) groups is 1. The summed E-state index contributed by atoms with van der Waals surface area (Å²) in [6, 6.07) is 8.01. The van der Waals surface area contributed by atoms with Gasteiger partial charge in [0.05, 0.1) is 18.8 Å². The van der Waals surface area contributed by atoms with Crippen molar-refractivity contribution >= 4 is 5.97 Å². The minimum Gasteiger partial charge on any atom is -0.462 e. The largest absolute Gasteiger partial charge is 0.462 e. The molecule has 0 amide bonds. The summed E-state index contributed by atoms with van der Waals surface area (Å²) in [4.78, 5) is 11.6. The second-order valence-electron chi connectivity index (χ2n) is 7.70. The van der Waals surface area contributed by atoms with Crippen molar-refractivity contribution in [3.63, 3.8) is 0 Å². The molecule has 1 unspecified atom stereocenters. The Bertz CT molecular complexity index is 687. The molecular weight excluding hydrogens is 378 g/mol. The van der Waals surface area contributed by atoms with E-state index in [0.717, 1.165) is 43.7 Å². The minimum absolute atomic E-state index is 0.0153.